The number of nitrogens with two attached hydrogens (primary N) is 1. The zero-order valence-electron chi connectivity index (χ0n) is 7.91. The van der Waals surface area contributed by atoms with Gasteiger partial charge >= 0.3 is 10.3 Å². The summed E-state index contributed by atoms with van der Waals surface area (Å²) in [6, 6.07) is 7.03. The molecule has 2 rings (SSSR count). The zero-order valence-corrected chi connectivity index (χ0v) is 8.73. The summed E-state index contributed by atoms with van der Waals surface area (Å²) in [5, 5.41) is 9.47. The first kappa shape index (κ1) is 9.94. The molecule has 1 aromatic carbocycles. The highest BCUT2D eigenvalue weighted by Gasteiger charge is 2.14. The fraction of sp³-hybridized carbons (Fsp3) is 0.125. The molecule has 0 saturated carbocycles. The Morgan fingerprint density at radius 3 is 2.73 bits per heavy atom. The van der Waals surface area contributed by atoms with Gasteiger partial charge in [-0.25, -0.2) is 4.68 Å². The van der Waals surface area contributed by atoms with E-state index in [1.807, 2.05) is 0 Å². The van der Waals surface area contributed by atoms with Crippen LogP contribution in [0.3, 0.4) is 0 Å². The molecule has 80 valence electrons. The van der Waals surface area contributed by atoms with Crippen LogP contribution in [0, 0.1) is 0 Å². The molecule has 6 nitrogen and oxygen atoms in total. The van der Waals surface area contributed by atoms with E-state index in [-0.39, 0.29) is 5.88 Å². The molecule has 0 saturated heterocycles. The van der Waals surface area contributed by atoms with Gasteiger partial charge in [0.1, 0.15) is 0 Å². The Kier molecular flexibility index (Phi) is 2.13. The Bertz CT molecular complexity index is 603. The normalized spacial score (nSPS) is 11.9. The van der Waals surface area contributed by atoms with Crippen LogP contribution in [0.15, 0.2) is 24.3 Å². The molecule has 0 radical (unpaired) electrons. The third-order valence-corrected chi connectivity index (χ3v) is 2.27. The molecule has 0 atom stereocenters. The predicted octanol–water partition coefficient (Wildman–Crippen LogP) is 0.156. The topological polar surface area (TPSA) is 87.2 Å². The third-order valence-electron chi connectivity index (χ3n) is 1.88. The second-order valence-corrected chi connectivity index (χ2v) is 4.17. The second kappa shape index (κ2) is 3.21. The third kappa shape index (κ3) is 1.92. The summed E-state index contributed by atoms with van der Waals surface area (Å²) < 4.78 is 27.6. The lowest BCUT2D eigenvalue weighted by Gasteiger charge is -2.01. The molecule has 0 spiro atoms. The van der Waals surface area contributed by atoms with Gasteiger partial charge in [0, 0.05) is 7.05 Å². The van der Waals surface area contributed by atoms with Gasteiger partial charge in [-0.05, 0) is 12.1 Å². The first-order chi connectivity index (χ1) is 6.97. The number of benzene rings is 1. The highest BCUT2D eigenvalue weighted by molar-refractivity contribution is 7.84. The minimum Gasteiger partial charge on any atom is -0.350 e. The van der Waals surface area contributed by atoms with Crippen molar-refractivity contribution in [1.82, 2.24) is 9.78 Å². The first-order valence-corrected chi connectivity index (χ1v) is 5.58. The molecule has 0 fully saturated rings. The van der Waals surface area contributed by atoms with Crippen LogP contribution in [0.5, 0.6) is 5.88 Å². The van der Waals surface area contributed by atoms with Crippen molar-refractivity contribution in [2.45, 2.75) is 0 Å². The van der Waals surface area contributed by atoms with E-state index < -0.39 is 10.3 Å². The molecule has 2 aromatic rings. The van der Waals surface area contributed by atoms with Crippen molar-refractivity contribution in [3.63, 3.8) is 0 Å². The van der Waals surface area contributed by atoms with Gasteiger partial charge in [-0.1, -0.05) is 12.1 Å². The highest BCUT2D eigenvalue weighted by Crippen LogP contribution is 2.24. The lowest BCUT2D eigenvalue weighted by atomic mass is 10.2. The fourth-order valence-electron chi connectivity index (χ4n) is 1.33. The molecule has 15 heavy (non-hydrogen) atoms. The lowest BCUT2D eigenvalue weighted by Crippen LogP contribution is -2.20. The van der Waals surface area contributed by atoms with Crippen molar-refractivity contribution < 1.29 is 12.6 Å². The number of nitrogens with zero attached hydrogens (tertiary/aromatic N) is 2. The monoisotopic (exact) mass is 227 g/mol. The van der Waals surface area contributed by atoms with Gasteiger partial charge in [-0.15, -0.1) is 0 Å². The standard InChI is InChI=1S/C8H9N3O3S/c1-11-8(14-15(9,12)13)6-4-2-3-5-7(6)10-11/h2-5H,1H3,(H2,9,12,13). The van der Waals surface area contributed by atoms with Crippen molar-refractivity contribution >= 4 is 21.2 Å². The Labute approximate surface area is 86.5 Å². The van der Waals surface area contributed by atoms with E-state index in [2.05, 4.69) is 9.28 Å². The van der Waals surface area contributed by atoms with Crippen LogP contribution in [-0.2, 0) is 17.4 Å². The number of hydrogen-bond acceptors (Lipinski definition) is 4. The Hall–Kier alpha value is -1.60. The maximum Gasteiger partial charge on any atom is 0.381 e. The molecule has 7 heteroatoms. The molecule has 0 aliphatic carbocycles. The van der Waals surface area contributed by atoms with Crippen LogP contribution in [0.25, 0.3) is 10.9 Å². The Morgan fingerprint density at radius 1 is 1.40 bits per heavy atom. The van der Waals surface area contributed by atoms with Crippen molar-refractivity contribution in [3.8, 4) is 5.88 Å². The van der Waals surface area contributed by atoms with Gasteiger partial charge in [0.25, 0.3) is 0 Å². The molecule has 0 bridgehead atoms. The summed E-state index contributed by atoms with van der Waals surface area (Å²) in [5.74, 6) is 0.119. The van der Waals surface area contributed by atoms with Gasteiger partial charge in [0.15, 0.2) is 0 Å². The average Bonchev–Trinajstić information content (AvgIpc) is 2.41. The minimum absolute atomic E-state index is 0.119. The quantitative estimate of drug-likeness (QED) is 0.791. The number of aromatic nitrogens is 2. The maximum atomic E-state index is 10.8. The van der Waals surface area contributed by atoms with Crippen molar-refractivity contribution in [2.24, 2.45) is 12.2 Å². The Morgan fingerprint density at radius 2 is 2.07 bits per heavy atom. The summed E-state index contributed by atoms with van der Waals surface area (Å²) in [7, 11) is -2.44. The molecule has 0 amide bonds. The molecule has 2 N–H and O–H groups in total. The van der Waals surface area contributed by atoms with E-state index in [9.17, 15) is 8.42 Å². The molecule has 1 heterocycles. The number of fused-ring (bicyclic) bond motifs is 1. The van der Waals surface area contributed by atoms with Crippen LogP contribution in [-0.4, -0.2) is 18.2 Å². The summed E-state index contributed by atoms with van der Waals surface area (Å²) >= 11 is 0. The number of aryl methyl sites for hydroxylation is 1. The summed E-state index contributed by atoms with van der Waals surface area (Å²) in [6.45, 7) is 0. The van der Waals surface area contributed by atoms with E-state index in [1.165, 1.54) is 4.68 Å². The smallest absolute Gasteiger partial charge is 0.350 e. The SMILES string of the molecule is Cn1nc2ccccc2c1OS(N)(=O)=O. The van der Waals surface area contributed by atoms with Crippen LogP contribution in [0.2, 0.25) is 0 Å². The summed E-state index contributed by atoms with van der Waals surface area (Å²) in [6.07, 6.45) is 0. The van der Waals surface area contributed by atoms with E-state index in [0.29, 0.717) is 10.9 Å². The van der Waals surface area contributed by atoms with Crippen LogP contribution in [0.1, 0.15) is 0 Å². The fourth-order valence-corrected chi connectivity index (χ4v) is 1.75. The van der Waals surface area contributed by atoms with E-state index in [4.69, 9.17) is 5.14 Å². The van der Waals surface area contributed by atoms with Gasteiger partial charge < -0.3 is 4.18 Å². The summed E-state index contributed by atoms with van der Waals surface area (Å²) in [4.78, 5) is 0. The predicted molar refractivity (Wildman–Crippen MR) is 54.4 cm³/mol. The van der Waals surface area contributed by atoms with Gasteiger partial charge in [0.2, 0.25) is 5.88 Å². The second-order valence-electron chi connectivity index (χ2n) is 3.02. The molecule has 0 aliphatic heterocycles. The molecule has 1 aromatic heterocycles. The largest absolute Gasteiger partial charge is 0.381 e. The first-order valence-electron chi connectivity index (χ1n) is 4.11. The minimum atomic E-state index is -4.02. The average molecular weight is 227 g/mol. The van der Waals surface area contributed by atoms with Crippen LogP contribution >= 0.6 is 0 Å². The number of hydrogen-bond donors (Lipinski definition) is 1. The van der Waals surface area contributed by atoms with Gasteiger partial charge in [-0.2, -0.15) is 18.7 Å². The molecule has 0 unspecified atom stereocenters. The van der Waals surface area contributed by atoms with Crippen molar-refractivity contribution in [1.29, 1.82) is 0 Å². The number of rotatable bonds is 2. The van der Waals surface area contributed by atoms with E-state index >= 15 is 0 Å². The zero-order chi connectivity index (χ0) is 11.1. The van der Waals surface area contributed by atoms with Crippen molar-refractivity contribution in [3.05, 3.63) is 24.3 Å². The molecule has 0 aliphatic rings. The summed E-state index contributed by atoms with van der Waals surface area (Å²) in [5.41, 5.74) is 0.652. The van der Waals surface area contributed by atoms with Gasteiger partial charge in [0.05, 0.1) is 10.9 Å². The highest BCUT2D eigenvalue weighted by atomic mass is 32.2. The molecular weight excluding hydrogens is 218 g/mol. The van der Waals surface area contributed by atoms with E-state index in [1.54, 1.807) is 31.3 Å². The molecular formula is C8H9N3O3S. The van der Waals surface area contributed by atoms with Crippen molar-refractivity contribution in [2.75, 3.05) is 0 Å². The van der Waals surface area contributed by atoms with Crippen LogP contribution in [0.4, 0.5) is 0 Å². The van der Waals surface area contributed by atoms with Gasteiger partial charge in [-0.3, -0.25) is 0 Å². The Balaban J connectivity index is 2.64. The maximum absolute atomic E-state index is 10.8. The van der Waals surface area contributed by atoms with E-state index in [0.717, 1.165) is 0 Å². The lowest BCUT2D eigenvalue weighted by molar-refractivity contribution is 0.460. The van der Waals surface area contributed by atoms with Crippen LogP contribution < -0.4 is 9.32 Å².